The van der Waals surface area contributed by atoms with Gasteiger partial charge in [-0.2, -0.15) is 5.10 Å². The van der Waals surface area contributed by atoms with E-state index >= 15 is 0 Å². The summed E-state index contributed by atoms with van der Waals surface area (Å²) < 4.78 is 21.6. The molecule has 2 N–H and O–H groups in total. The monoisotopic (exact) mass is 427 g/mol. The molecule has 1 unspecified atom stereocenters. The van der Waals surface area contributed by atoms with E-state index in [1.54, 1.807) is 39.1 Å². The fourth-order valence-electron chi connectivity index (χ4n) is 2.39. The molecule has 2 aromatic heterocycles. The van der Waals surface area contributed by atoms with E-state index in [0.717, 1.165) is 9.15 Å². The third kappa shape index (κ3) is 4.57. The lowest BCUT2D eigenvalue weighted by atomic mass is 9.84. The van der Waals surface area contributed by atoms with Gasteiger partial charge >= 0.3 is 11.8 Å². The first kappa shape index (κ1) is 19.8. The molecule has 0 bridgehead atoms. The number of rotatable bonds is 5. The number of carbonyl (C=O) groups excluding carboxylic acids is 1. The lowest BCUT2D eigenvalue weighted by molar-refractivity contribution is 0.0566. The lowest BCUT2D eigenvalue weighted by Gasteiger charge is -2.31. The quantitative estimate of drug-likeness (QED) is 0.788. The summed E-state index contributed by atoms with van der Waals surface area (Å²) in [5.41, 5.74) is 4.01. The van der Waals surface area contributed by atoms with Crippen LogP contribution in [0.15, 0.2) is 45.8 Å². The predicted molar refractivity (Wildman–Crippen MR) is 96.4 cm³/mol. The molecule has 8 nitrogen and oxygen atoms in total. The van der Waals surface area contributed by atoms with Gasteiger partial charge in [0.2, 0.25) is 0 Å². The van der Waals surface area contributed by atoms with Crippen molar-refractivity contribution in [1.29, 1.82) is 0 Å². The van der Waals surface area contributed by atoms with E-state index in [0.29, 0.717) is 12.1 Å². The van der Waals surface area contributed by atoms with Gasteiger partial charge in [0.1, 0.15) is 18.2 Å². The van der Waals surface area contributed by atoms with Crippen molar-refractivity contribution in [3.8, 4) is 5.82 Å². The van der Waals surface area contributed by atoms with E-state index in [2.05, 4.69) is 26.0 Å². The Kier molecular flexibility index (Phi) is 5.96. The van der Waals surface area contributed by atoms with Gasteiger partial charge in [-0.25, -0.2) is 28.2 Å². The summed E-state index contributed by atoms with van der Waals surface area (Å²) in [6.07, 6.45) is 1.16. The molecule has 2 heterocycles. The zero-order chi connectivity index (χ0) is 19.5. The zero-order valence-corrected chi connectivity index (χ0v) is 16.1. The Hall–Kier alpha value is -2.49. The van der Waals surface area contributed by atoms with Crippen molar-refractivity contribution in [2.24, 2.45) is 11.1 Å². The molecule has 0 aliphatic carbocycles. The van der Waals surface area contributed by atoms with Crippen LogP contribution in [0.25, 0.3) is 5.82 Å². The van der Waals surface area contributed by atoms with Crippen molar-refractivity contribution in [3.05, 3.63) is 51.5 Å². The first-order valence-electron chi connectivity index (χ1n) is 7.65. The number of aromatic nitrogens is 4. The summed E-state index contributed by atoms with van der Waals surface area (Å²) in [4.78, 5) is 27.8. The van der Waals surface area contributed by atoms with Crippen molar-refractivity contribution < 1.29 is 13.9 Å². The molecule has 1 amide bonds. The standard InChI is InChI=1S/C16H19BrFN5O3/c1-16(2,3)13(26-14(19)24)10(6-18)8-23-15(25)22(9-21-23)12-5-4-11(17)7-20-12/h4-7,9,13H,8H2,1-3H3,(H2,19,24). The Bertz CT molecular complexity index is 867. The topological polar surface area (TPSA) is 105 Å². The number of amides is 1. The van der Waals surface area contributed by atoms with Crippen LogP contribution < -0.4 is 11.4 Å². The van der Waals surface area contributed by atoms with Crippen LogP contribution >= 0.6 is 15.9 Å². The molecule has 2 rings (SSSR count). The molecule has 1 atom stereocenters. The fourth-order valence-corrected chi connectivity index (χ4v) is 2.62. The van der Waals surface area contributed by atoms with Gasteiger partial charge in [0.05, 0.1) is 12.9 Å². The molecule has 0 spiro atoms. The predicted octanol–water partition coefficient (Wildman–Crippen LogP) is 2.55. The number of ether oxygens (including phenoxy) is 1. The average Bonchev–Trinajstić information content (AvgIpc) is 2.91. The number of hydrogen-bond acceptors (Lipinski definition) is 5. The molecule has 2 aromatic rings. The van der Waals surface area contributed by atoms with E-state index in [1.165, 1.54) is 10.9 Å². The van der Waals surface area contributed by atoms with Crippen LogP contribution in [0.3, 0.4) is 0 Å². The molecule has 0 radical (unpaired) electrons. The normalized spacial score (nSPS) is 13.5. The van der Waals surface area contributed by atoms with Crippen LogP contribution in [0, 0.1) is 5.41 Å². The van der Waals surface area contributed by atoms with E-state index < -0.39 is 23.3 Å². The Morgan fingerprint density at radius 3 is 2.65 bits per heavy atom. The Morgan fingerprint density at radius 2 is 2.15 bits per heavy atom. The van der Waals surface area contributed by atoms with Gasteiger partial charge in [-0.05, 0) is 28.1 Å². The van der Waals surface area contributed by atoms with Crippen LogP contribution in [-0.2, 0) is 11.3 Å². The van der Waals surface area contributed by atoms with Crippen molar-refractivity contribution in [1.82, 2.24) is 19.3 Å². The third-order valence-corrected chi connectivity index (χ3v) is 3.99. The highest BCUT2D eigenvalue weighted by atomic mass is 79.9. The number of hydrogen-bond donors (Lipinski definition) is 1. The van der Waals surface area contributed by atoms with Gasteiger partial charge in [-0.15, -0.1) is 0 Å². The third-order valence-electron chi connectivity index (χ3n) is 3.52. The second kappa shape index (κ2) is 7.81. The SMILES string of the molecule is CC(C)(C)C(OC(N)=O)C(=CF)Cn1ncn(-c2ccc(Br)cn2)c1=O. The van der Waals surface area contributed by atoms with E-state index in [-0.39, 0.29) is 12.1 Å². The Balaban J connectivity index is 2.33. The maximum atomic E-state index is 13.5. The lowest BCUT2D eigenvalue weighted by Crippen LogP contribution is -2.37. The number of primary amides is 1. The second-order valence-electron chi connectivity index (χ2n) is 6.64. The first-order chi connectivity index (χ1) is 12.1. The van der Waals surface area contributed by atoms with E-state index in [1.807, 2.05) is 0 Å². The molecule has 0 saturated heterocycles. The molecule has 10 heteroatoms. The van der Waals surface area contributed by atoms with Crippen LogP contribution in [0.2, 0.25) is 0 Å². The largest absolute Gasteiger partial charge is 0.441 e. The minimum atomic E-state index is -1.03. The smallest absolute Gasteiger partial charge is 0.405 e. The van der Waals surface area contributed by atoms with Gasteiger partial charge in [0, 0.05) is 21.7 Å². The molecule has 140 valence electrons. The average molecular weight is 428 g/mol. The van der Waals surface area contributed by atoms with Gasteiger partial charge < -0.3 is 10.5 Å². The van der Waals surface area contributed by atoms with Crippen molar-refractivity contribution in [3.63, 3.8) is 0 Å². The number of nitrogens with two attached hydrogens (primary N) is 1. The Labute approximate surface area is 157 Å². The van der Waals surface area contributed by atoms with E-state index in [9.17, 15) is 14.0 Å². The summed E-state index contributed by atoms with van der Waals surface area (Å²) in [6.45, 7) is 5.08. The summed E-state index contributed by atoms with van der Waals surface area (Å²) in [7, 11) is 0. The zero-order valence-electron chi connectivity index (χ0n) is 14.5. The summed E-state index contributed by atoms with van der Waals surface area (Å²) >= 11 is 3.27. The van der Waals surface area contributed by atoms with Gasteiger partial charge in [0.25, 0.3) is 0 Å². The fraction of sp³-hybridized carbons (Fsp3) is 0.375. The summed E-state index contributed by atoms with van der Waals surface area (Å²) in [6, 6.07) is 3.37. The minimum Gasteiger partial charge on any atom is -0.441 e. The van der Waals surface area contributed by atoms with Gasteiger partial charge in [-0.3, -0.25) is 0 Å². The molecule has 26 heavy (non-hydrogen) atoms. The summed E-state index contributed by atoms with van der Waals surface area (Å²) in [5, 5.41) is 3.98. The highest BCUT2D eigenvalue weighted by molar-refractivity contribution is 9.10. The second-order valence-corrected chi connectivity index (χ2v) is 7.56. The number of pyridine rings is 1. The van der Waals surface area contributed by atoms with Gasteiger partial charge in [0.15, 0.2) is 0 Å². The van der Waals surface area contributed by atoms with Crippen LogP contribution in [0.4, 0.5) is 9.18 Å². The molecule has 0 aromatic carbocycles. The van der Waals surface area contributed by atoms with Crippen LogP contribution in [0.5, 0.6) is 0 Å². The summed E-state index contributed by atoms with van der Waals surface area (Å²) in [5.74, 6) is 0.371. The highest BCUT2D eigenvalue weighted by Gasteiger charge is 2.32. The van der Waals surface area contributed by atoms with Gasteiger partial charge in [-0.1, -0.05) is 20.8 Å². The maximum Gasteiger partial charge on any atom is 0.405 e. The Morgan fingerprint density at radius 1 is 1.46 bits per heavy atom. The van der Waals surface area contributed by atoms with E-state index in [4.69, 9.17) is 10.5 Å². The van der Waals surface area contributed by atoms with Crippen molar-refractivity contribution in [2.45, 2.75) is 33.4 Å². The van der Waals surface area contributed by atoms with Crippen LogP contribution in [-0.4, -0.2) is 31.5 Å². The van der Waals surface area contributed by atoms with Crippen LogP contribution in [0.1, 0.15) is 20.8 Å². The van der Waals surface area contributed by atoms with Crippen molar-refractivity contribution >= 4 is 22.0 Å². The number of carbonyl (C=O) groups is 1. The molecule has 0 aliphatic rings. The minimum absolute atomic E-state index is 0.0624. The molecule has 0 saturated carbocycles. The molecule has 0 aliphatic heterocycles. The molecular weight excluding hydrogens is 409 g/mol. The first-order valence-corrected chi connectivity index (χ1v) is 8.44. The highest BCUT2D eigenvalue weighted by Crippen LogP contribution is 2.29. The number of halogens is 2. The maximum absolute atomic E-state index is 13.5. The molecular formula is C16H19BrFN5O3. The molecule has 0 fully saturated rings. The van der Waals surface area contributed by atoms with Crippen molar-refractivity contribution in [2.75, 3.05) is 0 Å². The number of nitrogens with zero attached hydrogens (tertiary/aromatic N) is 4.